The molecule has 3 rings (SSSR count). The molecule has 2 aromatic rings. The van der Waals surface area contributed by atoms with E-state index in [1.165, 1.54) is 13.0 Å². The quantitative estimate of drug-likeness (QED) is 0.740. The van der Waals surface area contributed by atoms with Gasteiger partial charge in [0.05, 0.1) is 13.2 Å². The Labute approximate surface area is 165 Å². The number of fused-ring (bicyclic) bond motifs is 1. The van der Waals surface area contributed by atoms with Crippen LogP contribution in [0.2, 0.25) is 0 Å². The van der Waals surface area contributed by atoms with Crippen LogP contribution in [0.4, 0.5) is 5.69 Å². The lowest BCUT2D eigenvalue weighted by Crippen LogP contribution is -2.35. The van der Waals surface area contributed by atoms with E-state index >= 15 is 0 Å². The second kappa shape index (κ2) is 8.62. The maximum absolute atomic E-state index is 12.9. The third-order valence-corrected chi connectivity index (χ3v) is 5.82. The fourth-order valence-electron chi connectivity index (χ4n) is 3.10. The molecule has 0 radical (unpaired) electrons. The summed E-state index contributed by atoms with van der Waals surface area (Å²) >= 11 is 0. The lowest BCUT2D eigenvalue weighted by atomic mass is 9.97. The molecule has 0 saturated heterocycles. The average Bonchev–Trinajstić information content (AvgIpc) is 2.67. The van der Waals surface area contributed by atoms with Gasteiger partial charge >= 0.3 is 0 Å². The molecule has 1 aliphatic rings. The molecule has 1 unspecified atom stereocenters. The number of sulfonamides is 1. The summed E-state index contributed by atoms with van der Waals surface area (Å²) in [7, 11) is -3.83. The van der Waals surface area contributed by atoms with Crippen molar-refractivity contribution in [3.05, 3.63) is 48.0 Å². The van der Waals surface area contributed by atoms with Crippen LogP contribution in [0.5, 0.6) is 11.5 Å². The van der Waals surface area contributed by atoms with Gasteiger partial charge in [0.1, 0.15) is 16.4 Å². The number of nitrogens with one attached hydrogen (secondary N) is 2. The first-order valence-corrected chi connectivity index (χ1v) is 10.6. The number of rotatable bonds is 7. The standard InChI is InChI=1S/C20H24N2O5S/c1-3-26-19-9-8-17(22-14(2)23)11-20(19)28(24,25)21-12-15-10-16-6-4-5-7-18(16)27-13-15/h4-9,11,15,21H,3,10,12-13H2,1-2H3,(H,22,23). The Hall–Kier alpha value is -2.58. The lowest BCUT2D eigenvalue weighted by Gasteiger charge is -2.25. The first kappa shape index (κ1) is 20.2. The van der Waals surface area contributed by atoms with Crippen molar-refractivity contribution < 1.29 is 22.7 Å². The van der Waals surface area contributed by atoms with Crippen molar-refractivity contribution >= 4 is 21.6 Å². The minimum absolute atomic E-state index is 0.00210. The largest absolute Gasteiger partial charge is 0.493 e. The zero-order valence-electron chi connectivity index (χ0n) is 15.9. The van der Waals surface area contributed by atoms with Crippen LogP contribution in [0.15, 0.2) is 47.4 Å². The number of hydrogen-bond donors (Lipinski definition) is 2. The van der Waals surface area contributed by atoms with E-state index in [-0.39, 0.29) is 29.0 Å². The van der Waals surface area contributed by atoms with Gasteiger partial charge in [-0.3, -0.25) is 4.79 Å². The van der Waals surface area contributed by atoms with Gasteiger partial charge in [-0.05, 0) is 43.2 Å². The van der Waals surface area contributed by atoms with E-state index in [2.05, 4.69) is 10.0 Å². The molecule has 150 valence electrons. The average molecular weight is 404 g/mol. The summed E-state index contributed by atoms with van der Waals surface area (Å²) in [5.41, 5.74) is 1.46. The van der Waals surface area contributed by atoms with Crippen molar-refractivity contribution in [2.24, 2.45) is 5.92 Å². The Bertz CT molecular complexity index is 959. The third-order valence-electron chi connectivity index (χ3n) is 4.37. The van der Waals surface area contributed by atoms with Crippen LogP contribution in [0.1, 0.15) is 19.4 Å². The third kappa shape index (κ3) is 4.82. The molecular formula is C20H24N2O5S. The second-order valence-corrected chi connectivity index (χ2v) is 8.35. The maximum Gasteiger partial charge on any atom is 0.244 e. The zero-order valence-corrected chi connectivity index (χ0v) is 16.7. The monoisotopic (exact) mass is 404 g/mol. The van der Waals surface area contributed by atoms with Gasteiger partial charge in [0, 0.05) is 25.1 Å². The number of hydrogen-bond acceptors (Lipinski definition) is 5. The molecule has 0 aliphatic carbocycles. The number of carbonyl (C=O) groups is 1. The topological polar surface area (TPSA) is 93.7 Å². The highest BCUT2D eigenvalue weighted by molar-refractivity contribution is 7.89. The minimum Gasteiger partial charge on any atom is -0.493 e. The van der Waals surface area contributed by atoms with Gasteiger partial charge < -0.3 is 14.8 Å². The van der Waals surface area contributed by atoms with E-state index in [4.69, 9.17) is 9.47 Å². The van der Waals surface area contributed by atoms with E-state index < -0.39 is 10.0 Å². The highest BCUT2D eigenvalue weighted by Crippen LogP contribution is 2.29. The maximum atomic E-state index is 12.9. The Kier molecular flexibility index (Phi) is 6.21. The molecule has 2 aromatic carbocycles. The summed E-state index contributed by atoms with van der Waals surface area (Å²) in [6, 6.07) is 12.3. The molecule has 28 heavy (non-hydrogen) atoms. The zero-order chi connectivity index (χ0) is 20.1. The molecule has 0 fully saturated rings. The molecule has 1 heterocycles. The van der Waals surface area contributed by atoms with E-state index in [9.17, 15) is 13.2 Å². The molecule has 1 atom stereocenters. The van der Waals surface area contributed by atoms with Crippen LogP contribution in [-0.2, 0) is 21.2 Å². The Morgan fingerprint density at radius 1 is 1.25 bits per heavy atom. The fraction of sp³-hybridized carbons (Fsp3) is 0.350. The molecule has 1 amide bonds. The second-order valence-electron chi connectivity index (χ2n) is 6.62. The number of anilines is 1. The molecule has 0 bridgehead atoms. The number of benzene rings is 2. The first-order chi connectivity index (χ1) is 13.4. The molecule has 2 N–H and O–H groups in total. The van der Waals surface area contributed by atoms with E-state index in [0.29, 0.717) is 18.9 Å². The van der Waals surface area contributed by atoms with Crippen LogP contribution in [0.25, 0.3) is 0 Å². The Morgan fingerprint density at radius 3 is 2.79 bits per heavy atom. The van der Waals surface area contributed by atoms with Crippen LogP contribution in [-0.4, -0.2) is 34.1 Å². The summed E-state index contributed by atoms with van der Waals surface area (Å²) in [5.74, 6) is 0.842. The summed E-state index contributed by atoms with van der Waals surface area (Å²) in [4.78, 5) is 11.3. The SMILES string of the molecule is CCOc1ccc(NC(C)=O)cc1S(=O)(=O)NCC1COc2ccccc2C1. The number of amides is 1. The fourth-order valence-corrected chi connectivity index (χ4v) is 4.39. The van der Waals surface area contributed by atoms with Gasteiger partial charge in [-0.1, -0.05) is 18.2 Å². The van der Waals surface area contributed by atoms with Crippen molar-refractivity contribution in [3.63, 3.8) is 0 Å². The van der Waals surface area contributed by atoms with Gasteiger partial charge in [-0.25, -0.2) is 13.1 Å². The molecular weight excluding hydrogens is 380 g/mol. The van der Waals surface area contributed by atoms with Crippen molar-refractivity contribution in [1.82, 2.24) is 4.72 Å². The van der Waals surface area contributed by atoms with Crippen LogP contribution in [0.3, 0.4) is 0 Å². The molecule has 8 heteroatoms. The minimum atomic E-state index is -3.83. The predicted molar refractivity (Wildman–Crippen MR) is 106 cm³/mol. The van der Waals surface area contributed by atoms with Gasteiger partial charge in [0.2, 0.25) is 15.9 Å². The molecule has 0 spiro atoms. The van der Waals surface area contributed by atoms with E-state index in [1.807, 2.05) is 24.3 Å². The van der Waals surface area contributed by atoms with E-state index in [0.717, 1.165) is 17.7 Å². The molecule has 0 saturated carbocycles. The summed E-state index contributed by atoms with van der Waals surface area (Å²) in [6.45, 7) is 4.16. The highest BCUT2D eigenvalue weighted by atomic mass is 32.2. The van der Waals surface area contributed by atoms with Gasteiger partial charge in [-0.2, -0.15) is 0 Å². The first-order valence-electron chi connectivity index (χ1n) is 9.14. The van der Waals surface area contributed by atoms with E-state index in [1.54, 1.807) is 19.1 Å². The molecule has 1 aliphatic heterocycles. The smallest absolute Gasteiger partial charge is 0.244 e. The molecule has 0 aromatic heterocycles. The van der Waals surface area contributed by atoms with Crippen molar-refractivity contribution in [2.75, 3.05) is 25.1 Å². The van der Waals surface area contributed by atoms with Crippen LogP contribution >= 0.6 is 0 Å². The predicted octanol–water partition coefficient (Wildman–Crippen LogP) is 2.57. The van der Waals surface area contributed by atoms with Crippen LogP contribution in [0, 0.1) is 5.92 Å². The van der Waals surface area contributed by atoms with Gasteiger partial charge in [0.25, 0.3) is 0 Å². The molecule has 7 nitrogen and oxygen atoms in total. The van der Waals surface area contributed by atoms with Crippen molar-refractivity contribution in [1.29, 1.82) is 0 Å². The van der Waals surface area contributed by atoms with Gasteiger partial charge in [0.15, 0.2) is 0 Å². The number of ether oxygens (including phenoxy) is 2. The lowest BCUT2D eigenvalue weighted by molar-refractivity contribution is -0.114. The highest BCUT2D eigenvalue weighted by Gasteiger charge is 2.25. The van der Waals surface area contributed by atoms with Crippen LogP contribution < -0.4 is 19.5 Å². The normalized spacial score (nSPS) is 16.0. The Morgan fingerprint density at radius 2 is 2.04 bits per heavy atom. The van der Waals surface area contributed by atoms with Gasteiger partial charge in [-0.15, -0.1) is 0 Å². The Balaban J connectivity index is 1.75. The summed E-state index contributed by atoms with van der Waals surface area (Å²) < 4.78 is 39.7. The summed E-state index contributed by atoms with van der Waals surface area (Å²) in [5, 5.41) is 2.60. The number of carbonyl (C=O) groups excluding carboxylic acids is 1. The van der Waals surface area contributed by atoms with Crippen molar-refractivity contribution in [3.8, 4) is 11.5 Å². The number of para-hydroxylation sites is 1. The summed E-state index contributed by atoms with van der Waals surface area (Å²) in [6.07, 6.45) is 0.739. The van der Waals surface area contributed by atoms with Crippen molar-refractivity contribution in [2.45, 2.75) is 25.2 Å².